The molecule has 6 heteroatoms. The number of rotatable bonds is 3. The van der Waals surface area contributed by atoms with Crippen molar-refractivity contribution in [3.8, 4) is 0 Å². The van der Waals surface area contributed by atoms with E-state index in [-0.39, 0.29) is 22.0 Å². The first kappa shape index (κ1) is 15.3. The summed E-state index contributed by atoms with van der Waals surface area (Å²) >= 11 is 0. The Morgan fingerprint density at radius 1 is 1.40 bits per heavy atom. The van der Waals surface area contributed by atoms with Crippen molar-refractivity contribution in [2.75, 3.05) is 5.73 Å². The van der Waals surface area contributed by atoms with Gasteiger partial charge in [0.05, 0.1) is 10.6 Å². The van der Waals surface area contributed by atoms with Crippen LogP contribution in [0.2, 0.25) is 0 Å². The number of benzene rings is 1. The second-order valence-electron chi connectivity index (χ2n) is 6.36. The van der Waals surface area contributed by atoms with Crippen molar-refractivity contribution < 1.29 is 12.8 Å². The SMILES string of the molecule is Cc1cc(F)c(N)cc1S(=O)(=O)NC1CCC(C)(C)C1. The molecule has 0 radical (unpaired) electrons. The van der Waals surface area contributed by atoms with Crippen molar-refractivity contribution in [1.29, 1.82) is 0 Å². The van der Waals surface area contributed by atoms with Gasteiger partial charge in [-0.15, -0.1) is 0 Å². The first-order chi connectivity index (χ1) is 9.11. The summed E-state index contributed by atoms with van der Waals surface area (Å²) in [6.07, 6.45) is 2.62. The van der Waals surface area contributed by atoms with E-state index in [1.807, 2.05) is 0 Å². The van der Waals surface area contributed by atoms with Gasteiger partial charge in [-0.25, -0.2) is 17.5 Å². The van der Waals surface area contributed by atoms with Gasteiger partial charge in [0.15, 0.2) is 0 Å². The molecule has 1 aliphatic carbocycles. The van der Waals surface area contributed by atoms with Gasteiger partial charge < -0.3 is 5.73 Å². The van der Waals surface area contributed by atoms with E-state index in [1.54, 1.807) is 6.92 Å². The summed E-state index contributed by atoms with van der Waals surface area (Å²) in [6, 6.07) is 2.27. The molecule has 1 aromatic rings. The predicted molar refractivity (Wildman–Crippen MR) is 77.3 cm³/mol. The third kappa shape index (κ3) is 3.12. The Bertz CT molecular complexity index is 626. The fourth-order valence-electron chi connectivity index (χ4n) is 2.78. The lowest BCUT2D eigenvalue weighted by atomic mass is 9.92. The quantitative estimate of drug-likeness (QED) is 0.843. The lowest BCUT2D eigenvalue weighted by Gasteiger charge is -2.18. The van der Waals surface area contributed by atoms with E-state index in [9.17, 15) is 12.8 Å². The fourth-order valence-corrected chi connectivity index (χ4v) is 4.31. The average Bonchev–Trinajstić information content (AvgIpc) is 2.62. The van der Waals surface area contributed by atoms with Crippen LogP contribution in [0.25, 0.3) is 0 Å². The zero-order valence-electron chi connectivity index (χ0n) is 12.0. The van der Waals surface area contributed by atoms with Gasteiger partial charge in [0.2, 0.25) is 10.0 Å². The van der Waals surface area contributed by atoms with Gasteiger partial charge in [-0.3, -0.25) is 0 Å². The molecule has 0 heterocycles. The highest BCUT2D eigenvalue weighted by Gasteiger charge is 2.34. The van der Waals surface area contributed by atoms with E-state index < -0.39 is 15.8 Å². The lowest BCUT2D eigenvalue weighted by molar-refractivity contribution is 0.372. The highest BCUT2D eigenvalue weighted by Crippen LogP contribution is 2.37. The maximum atomic E-state index is 13.3. The van der Waals surface area contributed by atoms with Crippen LogP contribution in [0, 0.1) is 18.2 Å². The van der Waals surface area contributed by atoms with E-state index in [0.29, 0.717) is 5.56 Å². The third-order valence-corrected chi connectivity index (χ3v) is 5.54. The Morgan fingerprint density at radius 3 is 2.60 bits per heavy atom. The molecule has 4 nitrogen and oxygen atoms in total. The summed E-state index contributed by atoms with van der Waals surface area (Å²) in [6.45, 7) is 5.82. The summed E-state index contributed by atoms with van der Waals surface area (Å²) in [7, 11) is -3.66. The first-order valence-corrected chi connectivity index (χ1v) is 8.17. The molecule has 1 unspecified atom stereocenters. The second kappa shape index (κ2) is 5.00. The lowest BCUT2D eigenvalue weighted by Crippen LogP contribution is -2.34. The highest BCUT2D eigenvalue weighted by molar-refractivity contribution is 7.89. The molecular formula is C14H21FN2O2S. The minimum absolute atomic E-state index is 0.0566. The minimum Gasteiger partial charge on any atom is -0.396 e. The monoisotopic (exact) mass is 300 g/mol. The van der Waals surface area contributed by atoms with Crippen molar-refractivity contribution in [1.82, 2.24) is 4.72 Å². The summed E-state index contributed by atoms with van der Waals surface area (Å²) in [5, 5.41) is 0. The average molecular weight is 300 g/mol. The molecule has 1 saturated carbocycles. The van der Waals surface area contributed by atoms with Crippen LogP contribution >= 0.6 is 0 Å². The van der Waals surface area contributed by atoms with Gasteiger partial charge in [-0.2, -0.15) is 0 Å². The van der Waals surface area contributed by atoms with Crippen LogP contribution in [0.5, 0.6) is 0 Å². The first-order valence-electron chi connectivity index (χ1n) is 6.69. The Kier molecular flexibility index (Phi) is 3.81. The molecule has 0 aromatic heterocycles. The van der Waals surface area contributed by atoms with E-state index in [4.69, 9.17) is 5.73 Å². The molecule has 0 amide bonds. The number of halogens is 1. The van der Waals surface area contributed by atoms with Gasteiger partial charge >= 0.3 is 0 Å². The van der Waals surface area contributed by atoms with Gasteiger partial charge in [0.25, 0.3) is 0 Å². The summed E-state index contributed by atoms with van der Waals surface area (Å²) < 4.78 is 40.8. The molecule has 20 heavy (non-hydrogen) atoms. The molecule has 0 aliphatic heterocycles. The second-order valence-corrected chi connectivity index (χ2v) is 8.05. The topological polar surface area (TPSA) is 72.2 Å². The number of aryl methyl sites for hydroxylation is 1. The summed E-state index contributed by atoms with van der Waals surface area (Å²) in [5.41, 5.74) is 5.84. The van der Waals surface area contributed by atoms with Crippen molar-refractivity contribution >= 4 is 15.7 Å². The Morgan fingerprint density at radius 2 is 2.05 bits per heavy atom. The maximum Gasteiger partial charge on any atom is 0.241 e. The molecule has 1 aromatic carbocycles. The number of anilines is 1. The third-order valence-electron chi connectivity index (χ3n) is 3.87. The normalized spacial score (nSPS) is 22.1. The Labute approximate surface area is 119 Å². The minimum atomic E-state index is -3.66. The standard InChI is InChI=1S/C14H21FN2O2S/c1-9-6-11(15)12(16)7-13(9)20(18,19)17-10-4-5-14(2,3)8-10/h6-7,10,17H,4-5,8,16H2,1-3H3. The van der Waals surface area contributed by atoms with E-state index in [0.717, 1.165) is 25.3 Å². The van der Waals surface area contributed by atoms with Gasteiger partial charge in [0.1, 0.15) is 5.82 Å². The number of hydrogen-bond acceptors (Lipinski definition) is 3. The number of nitrogens with one attached hydrogen (secondary N) is 1. The summed E-state index contributed by atoms with van der Waals surface area (Å²) in [5.74, 6) is -0.594. The van der Waals surface area contributed by atoms with E-state index in [1.165, 1.54) is 6.07 Å². The molecular weight excluding hydrogens is 279 g/mol. The van der Waals surface area contributed by atoms with Crippen LogP contribution in [0.1, 0.15) is 38.7 Å². The summed E-state index contributed by atoms with van der Waals surface area (Å²) in [4.78, 5) is 0.0566. The van der Waals surface area contributed by atoms with Crippen LogP contribution in [0.15, 0.2) is 17.0 Å². The largest absolute Gasteiger partial charge is 0.396 e. The Hall–Kier alpha value is -1.14. The molecule has 1 atom stereocenters. The molecule has 3 N–H and O–H groups in total. The molecule has 0 bridgehead atoms. The van der Waals surface area contributed by atoms with Crippen molar-refractivity contribution in [3.05, 3.63) is 23.5 Å². The van der Waals surface area contributed by atoms with Crippen molar-refractivity contribution in [3.63, 3.8) is 0 Å². The fraction of sp³-hybridized carbons (Fsp3) is 0.571. The van der Waals surface area contributed by atoms with Crippen LogP contribution in [-0.4, -0.2) is 14.5 Å². The number of sulfonamides is 1. The highest BCUT2D eigenvalue weighted by atomic mass is 32.2. The van der Waals surface area contributed by atoms with Crippen LogP contribution in [-0.2, 0) is 10.0 Å². The Balaban J connectivity index is 2.26. The van der Waals surface area contributed by atoms with Crippen LogP contribution in [0.4, 0.5) is 10.1 Å². The number of nitrogens with two attached hydrogens (primary N) is 1. The van der Waals surface area contributed by atoms with Crippen LogP contribution in [0.3, 0.4) is 0 Å². The predicted octanol–water partition coefficient (Wildman–Crippen LogP) is 2.57. The van der Waals surface area contributed by atoms with Gasteiger partial charge in [0, 0.05) is 6.04 Å². The zero-order chi connectivity index (χ0) is 15.1. The number of nitrogen functional groups attached to an aromatic ring is 1. The molecule has 1 fully saturated rings. The maximum absolute atomic E-state index is 13.3. The molecule has 0 spiro atoms. The molecule has 1 aliphatic rings. The zero-order valence-corrected chi connectivity index (χ0v) is 12.8. The van der Waals surface area contributed by atoms with E-state index in [2.05, 4.69) is 18.6 Å². The van der Waals surface area contributed by atoms with Crippen LogP contribution < -0.4 is 10.5 Å². The number of hydrogen-bond donors (Lipinski definition) is 2. The van der Waals surface area contributed by atoms with Gasteiger partial charge in [-0.05, 0) is 49.3 Å². The van der Waals surface area contributed by atoms with Crippen molar-refractivity contribution in [2.45, 2.75) is 51.0 Å². The molecule has 112 valence electrons. The molecule has 0 saturated heterocycles. The van der Waals surface area contributed by atoms with Gasteiger partial charge in [-0.1, -0.05) is 13.8 Å². The van der Waals surface area contributed by atoms with E-state index >= 15 is 0 Å². The van der Waals surface area contributed by atoms with Crippen molar-refractivity contribution in [2.24, 2.45) is 5.41 Å². The smallest absolute Gasteiger partial charge is 0.241 e. The molecule has 2 rings (SSSR count).